The first-order valence-electron chi connectivity index (χ1n) is 6.70. The van der Waals surface area contributed by atoms with E-state index < -0.39 is 0 Å². The molecule has 0 amide bonds. The summed E-state index contributed by atoms with van der Waals surface area (Å²) in [5, 5.41) is 5.38. The number of nitrogens with zero attached hydrogens (tertiary/aromatic N) is 2. The molecule has 3 nitrogen and oxygen atoms in total. The predicted molar refractivity (Wildman–Crippen MR) is 97.7 cm³/mol. The Kier molecular flexibility index (Phi) is 4.50. The lowest BCUT2D eigenvalue weighted by Gasteiger charge is -2.12. The predicted octanol–water partition coefficient (Wildman–Crippen LogP) is 4.91. The van der Waals surface area contributed by atoms with E-state index in [4.69, 9.17) is 4.98 Å². The van der Waals surface area contributed by atoms with E-state index in [0.717, 1.165) is 37.9 Å². The largest absolute Gasteiger partial charge is 0.369 e. The van der Waals surface area contributed by atoms with E-state index in [2.05, 4.69) is 58.0 Å². The van der Waals surface area contributed by atoms with E-state index in [0.29, 0.717) is 0 Å². The third-order valence-electron chi connectivity index (χ3n) is 2.98. The van der Waals surface area contributed by atoms with Crippen LogP contribution in [0.25, 0.3) is 22.0 Å². The topological polar surface area (TPSA) is 37.8 Å². The highest BCUT2D eigenvalue weighted by atomic mass is 127. The molecule has 0 aliphatic heterocycles. The molecule has 0 saturated heterocycles. The Morgan fingerprint density at radius 1 is 1.10 bits per heavy atom. The van der Waals surface area contributed by atoms with Gasteiger partial charge in [0, 0.05) is 12.1 Å². The maximum Gasteiger partial charge on any atom is 0.172 e. The number of anilines is 1. The lowest BCUT2D eigenvalue weighted by molar-refractivity contribution is 1.11. The van der Waals surface area contributed by atoms with Gasteiger partial charge in [0.2, 0.25) is 0 Å². The van der Waals surface area contributed by atoms with Crippen LogP contribution < -0.4 is 5.32 Å². The molecule has 0 aliphatic carbocycles. The Bertz CT molecular complexity index is 727. The normalized spacial score (nSPS) is 10.6. The van der Waals surface area contributed by atoms with Crippen molar-refractivity contribution in [2.45, 2.75) is 6.92 Å². The second-order valence-corrected chi connectivity index (χ2v) is 6.46. The minimum absolute atomic E-state index is 0.778. The van der Waals surface area contributed by atoms with E-state index in [1.54, 1.807) is 11.3 Å². The lowest BCUT2D eigenvalue weighted by atomic mass is 10.1. The molecule has 1 N–H and O–H groups in total. The fourth-order valence-electron chi connectivity index (χ4n) is 2.03. The van der Waals surface area contributed by atoms with Crippen molar-refractivity contribution >= 4 is 39.7 Å². The van der Waals surface area contributed by atoms with Gasteiger partial charge in [0.1, 0.15) is 5.82 Å². The zero-order valence-corrected chi connectivity index (χ0v) is 14.5. The first-order valence-corrected chi connectivity index (χ1v) is 8.66. The molecule has 2 aromatic heterocycles. The van der Waals surface area contributed by atoms with Crippen molar-refractivity contribution in [2.24, 2.45) is 0 Å². The van der Waals surface area contributed by atoms with Gasteiger partial charge >= 0.3 is 0 Å². The Hall–Kier alpha value is -1.47. The molecule has 0 fully saturated rings. The summed E-state index contributed by atoms with van der Waals surface area (Å²) in [5.41, 5.74) is 2.09. The average Bonchev–Trinajstić information content (AvgIpc) is 3.05. The molecule has 0 saturated carbocycles. The summed E-state index contributed by atoms with van der Waals surface area (Å²) in [6.07, 6.45) is 0. The molecule has 0 atom stereocenters. The van der Waals surface area contributed by atoms with Crippen molar-refractivity contribution in [3.63, 3.8) is 0 Å². The van der Waals surface area contributed by atoms with Crippen LogP contribution in [0.3, 0.4) is 0 Å². The molecule has 21 heavy (non-hydrogen) atoms. The zero-order chi connectivity index (χ0) is 14.7. The van der Waals surface area contributed by atoms with Gasteiger partial charge in [-0.3, -0.25) is 0 Å². The average molecular weight is 407 g/mol. The van der Waals surface area contributed by atoms with Crippen molar-refractivity contribution in [3.8, 4) is 22.0 Å². The molecule has 0 aliphatic rings. The van der Waals surface area contributed by atoms with Crippen LogP contribution in [0, 0.1) is 3.57 Å². The van der Waals surface area contributed by atoms with E-state index in [1.165, 1.54) is 0 Å². The van der Waals surface area contributed by atoms with Crippen LogP contribution in [-0.4, -0.2) is 16.5 Å². The minimum atomic E-state index is 0.778. The third-order valence-corrected chi connectivity index (χ3v) is 4.87. The molecule has 1 aromatic carbocycles. The van der Waals surface area contributed by atoms with Gasteiger partial charge < -0.3 is 5.32 Å². The van der Waals surface area contributed by atoms with Gasteiger partial charge in [0.25, 0.3) is 0 Å². The van der Waals surface area contributed by atoms with Crippen molar-refractivity contribution in [2.75, 3.05) is 11.9 Å². The maximum absolute atomic E-state index is 4.78. The SMILES string of the molecule is CCNc1nc(-c2cccs2)nc(-c2ccccc2)c1I. The molecule has 0 radical (unpaired) electrons. The van der Waals surface area contributed by atoms with Crippen LogP contribution in [-0.2, 0) is 0 Å². The number of nitrogens with one attached hydrogen (secondary N) is 1. The van der Waals surface area contributed by atoms with Crippen LogP contribution in [0.2, 0.25) is 0 Å². The molecule has 2 heterocycles. The zero-order valence-electron chi connectivity index (χ0n) is 11.5. The van der Waals surface area contributed by atoms with Crippen molar-refractivity contribution in [3.05, 3.63) is 51.4 Å². The Morgan fingerprint density at radius 2 is 1.90 bits per heavy atom. The Morgan fingerprint density at radius 3 is 2.57 bits per heavy atom. The van der Waals surface area contributed by atoms with Gasteiger partial charge in [0.15, 0.2) is 5.82 Å². The molecule has 3 aromatic rings. The second kappa shape index (κ2) is 6.53. The van der Waals surface area contributed by atoms with Gasteiger partial charge in [0.05, 0.1) is 14.1 Å². The summed E-state index contributed by atoms with van der Waals surface area (Å²) in [4.78, 5) is 10.5. The lowest BCUT2D eigenvalue weighted by Crippen LogP contribution is -2.05. The van der Waals surface area contributed by atoms with Gasteiger partial charge in [-0.25, -0.2) is 9.97 Å². The van der Waals surface area contributed by atoms with Crippen LogP contribution in [0.4, 0.5) is 5.82 Å². The highest BCUT2D eigenvalue weighted by Gasteiger charge is 2.14. The highest BCUT2D eigenvalue weighted by molar-refractivity contribution is 14.1. The summed E-state index contributed by atoms with van der Waals surface area (Å²) in [7, 11) is 0. The van der Waals surface area contributed by atoms with Gasteiger partial charge in [-0.15, -0.1) is 11.3 Å². The standard InChI is InChI=1S/C16H14IN3S/c1-2-18-16-13(17)14(11-7-4-3-5-8-11)19-15(20-16)12-9-6-10-21-12/h3-10H,2H2,1H3,(H,18,19,20). The minimum Gasteiger partial charge on any atom is -0.369 e. The quantitative estimate of drug-likeness (QED) is 0.625. The summed E-state index contributed by atoms with van der Waals surface area (Å²) >= 11 is 3.98. The molecular weight excluding hydrogens is 393 g/mol. The maximum atomic E-state index is 4.78. The van der Waals surface area contributed by atoms with Gasteiger partial charge in [-0.1, -0.05) is 36.4 Å². The van der Waals surface area contributed by atoms with E-state index in [1.807, 2.05) is 29.6 Å². The third kappa shape index (κ3) is 3.08. The smallest absolute Gasteiger partial charge is 0.172 e. The number of aromatic nitrogens is 2. The fourth-order valence-corrected chi connectivity index (χ4v) is 3.44. The first-order chi connectivity index (χ1) is 10.3. The van der Waals surface area contributed by atoms with E-state index in [-0.39, 0.29) is 0 Å². The molecule has 106 valence electrons. The number of benzene rings is 1. The molecule has 0 bridgehead atoms. The number of hydrogen-bond acceptors (Lipinski definition) is 4. The van der Waals surface area contributed by atoms with E-state index >= 15 is 0 Å². The van der Waals surface area contributed by atoms with Crippen molar-refractivity contribution in [1.82, 2.24) is 9.97 Å². The van der Waals surface area contributed by atoms with E-state index in [9.17, 15) is 0 Å². The Balaban J connectivity index is 2.18. The number of thiophene rings is 1. The molecule has 0 unspecified atom stereocenters. The van der Waals surface area contributed by atoms with Crippen LogP contribution in [0.15, 0.2) is 47.8 Å². The second-order valence-electron chi connectivity index (χ2n) is 4.43. The van der Waals surface area contributed by atoms with Crippen molar-refractivity contribution in [1.29, 1.82) is 0 Å². The highest BCUT2D eigenvalue weighted by Crippen LogP contribution is 2.31. The first kappa shape index (κ1) is 14.5. The molecule has 5 heteroatoms. The summed E-state index contributed by atoms with van der Waals surface area (Å²) in [5.74, 6) is 1.68. The van der Waals surface area contributed by atoms with Crippen LogP contribution >= 0.6 is 33.9 Å². The number of halogens is 1. The monoisotopic (exact) mass is 407 g/mol. The number of hydrogen-bond donors (Lipinski definition) is 1. The van der Waals surface area contributed by atoms with Crippen LogP contribution in [0.1, 0.15) is 6.92 Å². The van der Waals surface area contributed by atoms with Gasteiger partial charge in [-0.05, 0) is 41.0 Å². The number of rotatable bonds is 4. The molecular formula is C16H14IN3S. The summed E-state index contributed by atoms with van der Waals surface area (Å²) in [6.45, 7) is 2.91. The summed E-state index contributed by atoms with van der Waals surface area (Å²) in [6, 6.07) is 14.3. The Labute approximate surface area is 141 Å². The summed E-state index contributed by atoms with van der Waals surface area (Å²) < 4.78 is 1.06. The fraction of sp³-hybridized carbons (Fsp3) is 0.125. The van der Waals surface area contributed by atoms with Gasteiger partial charge in [-0.2, -0.15) is 0 Å². The van der Waals surface area contributed by atoms with Crippen LogP contribution in [0.5, 0.6) is 0 Å². The molecule has 3 rings (SSSR count). The van der Waals surface area contributed by atoms with Crippen molar-refractivity contribution < 1.29 is 0 Å². The molecule has 0 spiro atoms.